The van der Waals surface area contributed by atoms with Crippen LogP contribution >= 0.6 is 0 Å². The molecule has 0 spiro atoms. The lowest BCUT2D eigenvalue weighted by molar-refractivity contribution is -0.134. The monoisotopic (exact) mass is 312 g/mol. The van der Waals surface area contributed by atoms with E-state index in [1.165, 1.54) is 0 Å². The van der Waals surface area contributed by atoms with Crippen molar-refractivity contribution in [1.82, 2.24) is 9.80 Å². The highest BCUT2D eigenvalue weighted by Gasteiger charge is 2.24. The van der Waals surface area contributed by atoms with Crippen LogP contribution in [0, 0.1) is 0 Å². The van der Waals surface area contributed by atoms with Crippen molar-refractivity contribution < 1.29 is 9.53 Å². The minimum absolute atomic E-state index is 0.107. The smallest absolute Gasteiger partial charge is 0.229 e. The Hall–Kier alpha value is -2.07. The average molecular weight is 312 g/mol. The van der Waals surface area contributed by atoms with Crippen molar-refractivity contribution in [3.63, 3.8) is 0 Å². The van der Waals surface area contributed by atoms with Crippen LogP contribution in [0.25, 0.3) is 10.8 Å². The fraction of sp³-hybridized carbons (Fsp3) is 0.421. The van der Waals surface area contributed by atoms with Gasteiger partial charge in [-0.25, -0.2) is 0 Å². The summed E-state index contributed by atoms with van der Waals surface area (Å²) in [6.45, 7) is 5.56. The highest BCUT2D eigenvalue weighted by Crippen LogP contribution is 2.26. The third kappa shape index (κ3) is 3.32. The van der Waals surface area contributed by atoms with E-state index in [4.69, 9.17) is 4.74 Å². The Bertz CT molecular complexity index is 706. The van der Waals surface area contributed by atoms with E-state index in [0.29, 0.717) is 0 Å². The summed E-state index contributed by atoms with van der Waals surface area (Å²) < 4.78 is 5.26. The molecule has 1 amide bonds. The summed E-state index contributed by atoms with van der Waals surface area (Å²) in [7, 11) is 3.77. The van der Waals surface area contributed by atoms with Crippen molar-refractivity contribution in [2.45, 2.75) is 12.8 Å². The molecular formula is C19H24N2O2. The van der Waals surface area contributed by atoms with Gasteiger partial charge in [-0.3, -0.25) is 4.79 Å². The number of likely N-dealkylation sites (N-methyl/N-ethyl adjacent to an activating group) is 1. The van der Waals surface area contributed by atoms with E-state index < -0.39 is 0 Å². The first-order valence-electron chi connectivity index (χ1n) is 8.13. The highest BCUT2D eigenvalue weighted by molar-refractivity contribution is 5.88. The molecule has 1 aliphatic heterocycles. The van der Waals surface area contributed by atoms with Gasteiger partial charge in [-0.05, 0) is 42.4 Å². The number of ether oxygens (including phenoxy) is 1. The van der Waals surface area contributed by atoms with E-state index in [0.717, 1.165) is 48.3 Å². The van der Waals surface area contributed by atoms with E-state index in [1.54, 1.807) is 7.11 Å². The molecule has 1 aliphatic rings. The molecule has 122 valence electrons. The van der Waals surface area contributed by atoms with Gasteiger partial charge in [-0.2, -0.15) is 0 Å². The molecule has 0 aliphatic carbocycles. The Morgan fingerprint density at radius 2 is 1.70 bits per heavy atom. The van der Waals surface area contributed by atoms with E-state index in [9.17, 15) is 4.79 Å². The number of methoxy groups -OCH3 is 1. The number of hydrogen-bond acceptors (Lipinski definition) is 3. The summed E-state index contributed by atoms with van der Waals surface area (Å²) in [5, 5.41) is 2.27. The van der Waals surface area contributed by atoms with Crippen molar-refractivity contribution in [2.24, 2.45) is 0 Å². The molecule has 0 saturated carbocycles. The van der Waals surface area contributed by atoms with Gasteiger partial charge in [-0.15, -0.1) is 0 Å². The minimum atomic E-state index is -0.107. The molecule has 2 aromatic rings. The number of nitrogens with zero attached hydrogens (tertiary/aromatic N) is 2. The van der Waals surface area contributed by atoms with Gasteiger partial charge in [0.2, 0.25) is 5.91 Å². The fourth-order valence-electron chi connectivity index (χ4n) is 3.08. The number of carbonyl (C=O) groups excluding carboxylic acids is 1. The van der Waals surface area contributed by atoms with Crippen LogP contribution in [0.1, 0.15) is 18.4 Å². The molecule has 4 nitrogen and oxygen atoms in total. The number of rotatable bonds is 3. The van der Waals surface area contributed by atoms with Crippen molar-refractivity contribution in [2.75, 3.05) is 40.3 Å². The standard InChI is InChI=1S/C19H24N2O2/c1-14(19(22)21-10-8-20(2)9-11-21)15-4-5-17-13-18(23-3)7-6-16(17)12-15/h4-7,12-14H,8-11H2,1-3H3. The van der Waals surface area contributed by atoms with E-state index >= 15 is 0 Å². The Kier molecular flexibility index (Phi) is 4.53. The number of hydrogen-bond donors (Lipinski definition) is 0. The van der Waals surface area contributed by atoms with Crippen LogP contribution in [0.5, 0.6) is 5.75 Å². The maximum atomic E-state index is 12.7. The minimum Gasteiger partial charge on any atom is -0.497 e. The summed E-state index contributed by atoms with van der Waals surface area (Å²) in [5.41, 5.74) is 1.08. The molecule has 4 heteroatoms. The molecule has 2 aromatic carbocycles. The van der Waals surface area contributed by atoms with Gasteiger partial charge in [0.25, 0.3) is 0 Å². The third-order valence-electron chi connectivity index (χ3n) is 4.76. The molecule has 1 heterocycles. The van der Waals surface area contributed by atoms with Gasteiger partial charge < -0.3 is 14.5 Å². The van der Waals surface area contributed by atoms with Crippen molar-refractivity contribution in [3.8, 4) is 5.75 Å². The Balaban J connectivity index is 1.80. The van der Waals surface area contributed by atoms with Crippen LogP contribution in [0.3, 0.4) is 0 Å². The summed E-state index contributed by atoms with van der Waals surface area (Å²) in [5.74, 6) is 0.975. The lowest BCUT2D eigenvalue weighted by Crippen LogP contribution is -2.48. The van der Waals surface area contributed by atoms with Crippen LogP contribution < -0.4 is 4.74 Å². The van der Waals surface area contributed by atoms with Crippen molar-refractivity contribution >= 4 is 16.7 Å². The first kappa shape index (κ1) is 15.8. The van der Waals surface area contributed by atoms with Crippen LogP contribution in [-0.2, 0) is 4.79 Å². The van der Waals surface area contributed by atoms with Gasteiger partial charge >= 0.3 is 0 Å². The molecule has 1 atom stereocenters. The summed E-state index contributed by atoms with van der Waals surface area (Å²) in [6.07, 6.45) is 0. The summed E-state index contributed by atoms with van der Waals surface area (Å²) in [4.78, 5) is 17.0. The topological polar surface area (TPSA) is 32.8 Å². The maximum Gasteiger partial charge on any atom is 0.229 e. The van der Waals surface area contributed by atoms with Gasteiger partial charge in [0.05, 0.1) is 13.0 Å². The maximum absolute atomic E-state index is 12.7. The summed E-state index contributed by atoms with van der Waals surface area (Å²) >= 11 is 0. The zero-order valence-electron chi connectivity index (χ0n) is 14.1. The van der Waals surface area contributed by atoms with Gasteiger partial charge in [0, 0.05) is 26.2 Å². The van der Waals surface area contributed by atoms with Gasteiger partial charge in [-0.1, -0.05) is 24.3 Å². The fourth-order valence-corrected chi connectivity index (χ4v) is 3.08. The lowest BCUT2D eigenvalue weighted by atomic mass is 9.96. The highest BCUT2D eigenvalue weighted by atomic mass is 16.5. The first-order chi connectivity index (χ1) is 11.1. The molecule has 3 rings (SSSR count). The van der Waals surface area contributed by atoms with Gasteiger partial charge in [0.15, 0.2) is 0 Å². The normalized spacial score (nSPS) is 17.3. The number of piperazine rings is 1. The molecule has 0 bridgehead atoms. The molecule has 1 unspecified atom stereocenters. The zero-order valence-corrected chi connectivity index (χ0v) is 14.1. The molecule has 1 saturated heterocycles. The largest absolute Gasteiger partial charge is 0.497 e. The molecule has 1 fully saturated rings. The number of benzene rings is 2. The predicted molar refractivity (Wildman–Crippen MR) is 93.0 cm³/mol. The van der Waals surface area contributed by atoms with Crippen LogP contribution in [0.4, 0.5) is 0 Å². The van der Waals surface area contributed by atoms with E-state index in [-0.39, 0.29) is 11.8 Å². The molecule has 0 aromatic heterocycles. The molecule has 23 heavy (non-hydrogen) atoms. The average Bonchev–Trinajstić information content (AvgIpc) is 2.60. The molecular weight excluding hydrogens is 288 g/mol. The second kappa shape index (κ2) is 6.59. The Morgan fingerprint density at radius 1 is 1.04 bits per heavy atom. The SMILES string of the molecule is COc1ccc2cc(C(C)C(=O)N3CCN(C)CC3)ccc2c1. The van der Waals surface area contributed by atoms with Gasteiger partial charge in [0.1, 0.15) is 5.75 Å². The molecule has 0 radical (unpaired) electrons. The Labute approximate surface area is 137 Å². The van der Waals surface area contributed by atoms with E-state index in [1.807, 2.05) is 30.0 Å². The Morgan fingerprint density at radius 3 is 2.39 bits per heavy atom. The van der Waals surface area contributed by atoms with Crippen molar-refractivity contribution in [3.05, 3.63) is 42.0 Å². The van der Waals surface area contributed by atoms with Crippen LogP contribution in [0.15, 0.2) is 36.4 Å². The number of fused-ring (bicyclic) bond motifs is 1. The third-order valence-corrected chi connectivity index (χ3v) is 4.76. The quantitative estimate of drug-likeness (QED) is 0.873. The zero-order chi connectivity index (χ0) is 16.4. The number of carbonyl (C=O) groups is 1. The van der Waals surface area contributed by atoms with Crippen molar-refractivity contribution in [1.29, 1.82) is 0 Å². The lowest BCUT2D eigenvalue weighted by Gasteiger charge is -2.34. The number of amides is 1. The van der Waals surface area contributed by atoms with Crippen LogP contribution in [0.2, 0.25) is 0 Å². The van der Waals surface area contributed by atoms with Crippen LogP contribution in [-0.4, -0.2) is 56.0 Å². The predicted octanol–water partition coefficient (Wildman–Crippen LogP) is 2.73. The first-order valence-corrected chi connectivity index (χ1v) is 8.13. The second-order valence-electron chi connectivity index (χ2n) is 6.32. The molecule has 0 N–H and O–H groups in total. The van der Waals surface area contributed by atoms with E-state index in [2.05, 4.69) is 30.1 Å². The second-order valence-corrected chi connectivity index (χ2v) is 6.32. The summed E-state index contributed by atoms with van der Waals surface area (Å²) in [6, 6.07) is 12.3.